The van der Waals surface area contributed by atoms with Gasteiger partial charge < -0.3 is 46.1 Å². The molecule has 3 heterocycles. The number of aliphatic hydroxyl groups is 1. The number of hydrogen-bond donors (Lipinski definition) is 6. The molecule has 0 spiro atoms. The number of rotatable bonds is 6. The van der Waals surface area contributed by atoms with Gasteiger partial charge in [-0.2, -0.15) is 0 Å². The van der Waals surface area contributed by atoms with Crippen molar-refractivity contribution in [2.24, 2.45) is 5.92 Å². The molecule has 0 unspecified atom stereocenters. The van der Waals surface area contributed by atoms with Crippen LogP contribution < -0.4 is 36.1 Å². The maximum absolute atomic E-state index is 14.0. The highest BCUT2D eigenvalue weighted by atomic mass is 16.7. The third-order valence-corrected chi connectivity index (χ3v) is 9.08. The van der Waals surface area contributed by atoms with E-state index < -0.39 is 71.8 Å². The largest absolute Gasteiger partial charge is 0.454 e. The average Bonchev–Trinajstić information content (AvgIpc) is 3.74. The lowest BCUT2D eigenvalue weighted by Crippen LogP contribution is -2.59. The Bertz CT molecular complexity index is 1620. The van der Waals surface area contributed by atoms with Gasteiger partial charge in [0.15, 0.2) is 11.5 Å². The summed E-state index contributed by atoms with van der Waals surface area (Å²) in [4.78, 5) is 83.0. The van der Waals surface area contributed by atoms with Gasteiger partial charge in [0.1, 0.15) is 30.2 Å². The minimum atomic E-state index is -1.14. The average molecular weight is 707 g/mol. The van der Waals surface area contributed by atoms with Crippen LogP contribution in [0.15, 0.2) is 48.5 Å². The fourth-order valence-corrected chi connectivity index (χ4v) is 6.42. The van der Waals surface area contributed by atoms with E-state index in [0.717, 1.165) is 5.56 Å². The molecule has 0 radical (unpaired) electrons. The predicted molar refractivity (Wildman–Crippen MR) is 183 cm³/mol. The van der Waals surface area contributed by atoms with Gasteiger partial charge in [-0.05, 0) is 55.9 Å². The summed E-state index contributed by atoms with van der Waals surface area (Å²) in [5.74, 6) is -2.64. The molecule has 274 valence electrons. The van der Waals surface area contributed by atoms with Crippen molar-refractivity contribution < 1.29 is 43.3 Å². The Hall–Kier alpha value is -5.18. The molecule has 51 heavy (non-hydrogen) atoms. The molecule has 15 heteroatoms. The van der Waals surface area contributed by atoms with Crippen LogP contribution >= 0.6 is 0 Å². The Morgan fingerprint density at radius 2 is 1.63 bits per heavy atom. The molecule has 5 rings (SSSR count). The molecule has 0 aromatic heterocycles. The van der Waals surface area contributed by atoms with Crippen LogP contribution in [0.5, 0.6) is 11.5 Å². The summed E-state index contributed by atoms with van der Waals surface area (Å²) in [7, 11) is 0. The maximum atomic E-state index is 14.0. The molecular formula is C36H46N6O9. The third-order valence-electron chi connectivity index (χ3n) is 9.08. The summed E-state index contributed by atoms with van der Waals surface area (Å²) >= 11 is 0. The van der Waals surface area contributed by atoms with Gasteiger partial charge in [0.2, 0.25) is 36.3 Å². The van der Waals surface area contributed by atoms with Crippen LogP contribution in [0.2, 0.25) is 0 Å². The van der Waals surface area contributed by atoms with Crippen LogP contribution in [0.4, 0.5) is 0 Å². The van der Waals surface area contributed by atoms with Crippen molar-refractivity contribution in [2.45, 2.75) is 89.2 Å². The van der Waals surface area contributed by atoms with Gasteiger partial charge in [-0.1, -0.05) is 44.2 Å². The molecule has 6 N–H and O–H groups in total. The molecule has 3 aliphatic rings. The molecule has 6 atom stereocenters. The SMILES string of the molecule is CC(C)C[C@@H]1NC(=O)[C@@H](Cc2ccccc2)NC(=O)[C@@H](NC(=O)c2ccc3c(c2)OCO3)CCCNC(=O)[C@@H]2C[C@@H](O)CN2C(=O)[C@H](C)NC1=O. The minimum absolute atomic E-state index is 0.0176. The molecule has 0 aliphatic carbocycles. The second kappa shape index (κ2) is 16.7. The maximum Gasteiger partial charge on any atom is 0.252 e. The van der Waals surface area contributed by atoms with Crippen molar-refractivity contribution in [3.63, 3.8) is 0 Å². The number of fused-ring (bicyclic) bond motifs is 2. The second-order valence-electron chi connectivity index (χ2n) is 13.6. The van der Waals surface area contributed by atoms with Crippen molar-refractivity contribution in [3.05, 3.63) is 59.7 Å². The van der Waals surface area contributed by atoms with Gasteiger partial charge in [0.25, 0.3) is 5.91 Å². The van der Waals surface area contributed by atoms with Gasteiger partial charge in [0.05, 0.1) is 6.10 Å². The fraction of sp³-hybridized carbons (Fsp3) is 0.500. The Labute approximate surface area is 296 Å². The highest BCUT2D eigenvalue weighted by Crippen LogP contribution is 2.32. The molecule has 2 aromatic carbocycles. The Kier molecular flexibility index (Phi) is 12.1. The highest BCUT2D eigenvalue weighted by molar-refractivity contribution is 5.99. The molecule has 2 saturated heterocycles. The molecule has 15 nitrogen and oxygen atoms in total. The van der Waals surface area contributed by atoms with Crippen LogP contribution in [0, 0.1) is 5.92 Å². The lowest BCUT2D eigenvalue weighted by atomic mass is 10.00. The minimum Gasteiger partial charge on any atom is -0.454 e. The van der Waals surface area contributed by atoms with E-state index in [2.05, 4.69) is 26.6 Å². The molecule has 3 aliphatic heterocycles. The van der Waals surface area contributed by atoms with E-state index in [9.17, 15) is 33.9 Å². The van der Waals surface area contributed by atoms with Crippen molar-refractivity contribution in [1.82, 2.24) is 31.5 Å². The second-order valence-corrected chi connectivity index (χ2v) is 13.6. The first-order chi connectivity index (χ1) is 24.4. The van der Waals surface area contributed by atoms with Gasteiger partial charge in [-0.15, -0.1) is 0 Å². The zero-order valence-corrected chi connectivity index (χ0v) is 29.0. The Morgan fingerprint density at radius 3 is 2.37 bits per heavy atom. The van der Waals surface area contributed by atoms with E-state index >= 15 is 0 Å². The first kappa shape index (κ1) is 37.1. The summed E-state index contributed by atoms with van der Waals surface area (Å²) in [6, 6.07) is 8.31. The summed E-state index contributed by atoms with van der Waals surface area (Å²) in [5, 5.41) is 24.2. The van der Waals surface area contributed by atoms with Crippen LogP contribution in [0.1, 0.15) is 62.4 Å². The molecule has 0 saturated carbocycles. The van der Waals surface area contributed by atoms with Crippen molar-refractivity contribution in [1.29, 1.82) is 0 Å². The molecule has 2 fully saturated rings. The number of nitrogens with one attached hydrogen (secondary N) is 5. The van der Waals surface area contributed by atoms with E-state index in [0.29, 0.717) is 11.5 Å². The molecule has 6 amide bonds. The van der Waals surface area contributed by atoms with Crippen LogP contribution in [-0.4, -0.2) is 102 Å². The lowest BCUT2D eigenvalue weighted by molar-refractivity contribution is -0.141. The fourth-order valence-electron chi connectivity index (χ4n) is 6.42. The number of nitrogens with zero attached hydrogens (tertiary/aromatic N) is 1. The van der Waals surface area contributed by atoms with Gasteiger partial charge in [-0.25, -0.2) is 0 Å². The van der Waals surface area contributed by atoms with Gasteiger partial charge in [-0.3, -0.25) is 28.8 Å². The van der Waals surface area contributed by atoms with Gasteiger partial charge >= 0.3 is 0 Å². The number of aliphatic hydroxyl groups excluding tert-OH is 1. The number of benzene rings is 2. The van der Waals surface area contributed by atoms with Crippen LogP contribution in [0.3, 0.4) is 0 Å². The van der Waals surface area contributed by atoms with Crippen LogP contribution in [0.25, 0.3) is 0 Å². The number of carbonyl (C=O) groups excluding carboxylic acids is 6. The number of ether oxygens (including phenoxy) is 2. The first-order valence-corrected chi connectivity index (χ1v) is 17.3. The van der Waals surface area contributed by atoms with E-state index in [1.165, 1.54) is 24.0 Å². The van der Waals surface area contributed by atoms with E-state index in [4.69, 9.17) is 9.47 Å². The topological polar surface area (TPSA) is 204 Å². The summed E-state index contributed by atoms with van der Waals surface area (Å²) in [5.41, 5.74) is 0.967. The quantitative estimate of drug-likeness (QED) is 0.242. The third kappa shape index (κ3) is 9.54. The zero-order chi connectivity index (χ0) is 36.7. The van der Waals surface area contributed by atoms with E-state index in [1.54, 1.807) is 30.3 Å². The lowest BCUT2D eigenvalue weighted by Gasteiger charge is -2.29. The zero-order valence-electron chi connectivity index (χ0n) is 29.0. The van der Waals surface area contributed by atoms with E-state index in [1.807, 2.05) is 19.9 Å². The number of amides is 6. The summed E-state index contributed by atoms with van der Waals surface area (Å²) < 4.78 is 10.7. The smallest absolute Gasteiger partial charge is 0.252 e. The molecule has 2 aromatic rings. The summed E-state index contributed by atoms with van der Waals surface area (Å²) in [6.07, 6.45) is -0.285. The Morgan fingerprint density at radius 1 is 0.922 bits per heavy atom. The van der Waals surface area contributed by atoms with Crippen molar-refractivity contribution in [3.8, 4) is 11.5 Å². The monoisotopic (exact) mass is 706 g/mol. The summed E-state index contributed by atoms with van der Waals surface area (Å²) in [6.45, 7) is 5.28. The first-order valence-electron chi connectivity index (χ1n) is 17.3. The van der Waals surface area contributed by atoms with Gasteiger partial charge in [0, 0.05) is 31.5 Å². The predicted octanol–water partition coefficient (Wildman–Crippen LogP) is 0.149. The normalized spacial score (nSPS) is 26.3. The van der Waals surface area contributed by atoms with E-state index in [-0.39, 0.29) is 63.5 Å². The van der Waals surface area contributed by atoms with Crippen LogP contribution in [-0.2, 0) is 30.4 Å². The number of carbonyl (C=O) groups is 6. The molecular weight excluding hydrogens is 660 g/mol. The van der Waals surface area contributed by atoms with Crippen molar-refractivity contribution >= 4 is 35.4 Å². The molecule has 0 bridgehead atoms. The number of hydrogen-bond acceptors (Lipinski definition) is 9. The Balaban J connectivity index is 1.44. The highest BCUT2D eigenvalue weighted by Gasteiger charge is 2.41. The van der Waals surface area contributed by atoms with Crippen molar-refractivity contribution in [2.75, 3.05) is 19.9 Å². The standard InChI is InChI=1S/C36H46N6O9/c1-20(2)14-26-33(46)38-21(3)36(49)42-18-24(43)17-28(42)35(48)37-13-7-10-25(39-31(44)23-11-12-29-30(16-23)51-19-50-29)32(45)41-27(34(47)40-26)15-22-8-5-4-6-9-22/h4-6,8-9,11-12,16,20-21,24-28,43H,7,10,13-15,17-19H2,1-3H3,(H,37,48)(H,38,46)(H,39,44)(H,40,47)(H,41,45)/t21-,24+,25-,26-,27+,28-/m0/s1.